The van der Waals surface area contributed by atoms with Crippen molar-refractivity contribution in [3.05, 3.63) is 36.3 Å². The summed E-state index contributed by atoms with van der Waals surface area (Å²) >= 11 is 0. The van der Waals surface area contributed by atoms with Crippen molar-refractivity contribution in [1.82, 2.24) is 14.3 Å². The number of pyridine rings is 1. The molecule has 2 fully saturated rings. The SMILES string of the molecule is c1ccn2cc(CN3CCO[C@@H]4CCCC[C@@H]43)nc2c1. The van der Waals surface area contributed by atoms with Crippen LogP contribution in [0.4, 0.5) is 0 Å². The van der Waals surface area contributed by atoms with Crippen LogP contribution in [0.3, 0.4) is 0 Å². The number of ether oxygens (including phenoxy) is 1. The molecule has 4 nitrogen and oxygen atoms in total. The highest BCUT2D eigenvalue weighted by Crippen LogP contribution is 2.29. The maximum Gasteiger partial charge on any atom is 0.137 e. The van der Waals surface area contributed by atoms with E-state index in [1.807, 2.05) is 12.1 Å². The quantitative estimate of drug-likeness (QED) is 0.840. The Kier molecular flexibility index (Phi) is 3.20. The summed E-state index contributed by atoms with van der Waals surface area (Å²) in [6, 6.07) is 6.75. The lowest BCUT2D eigenvalue weighted by molar-refractivity contribution is -0.0914. The van der Waals surface area contributed by atoms with E-state index in [1.54, 1.807) is 0 Å². The summed E-state index contributed by atoms with van der Waals surface area (Å²) in [6.45, 7) is 2.86. The zero-order valence-corrected chi connectivity index (χ0v) is 11.7. The second kappa shape index (κ2) is 5.19. The number of hydrogen-bond donors (Lipinski definition) is 0. The first-order valence-electron chi connectivity index (χ1n) is 7.68. The molecule has 4 heteroatoms. The van der Waals surface area contributed by atoms with Gasteiger partial charge in [0.2, 0.25) is 0 Å². The van der Waals surface area contributed by atoms with Gasteiger partial charge in [0.15, 0.2) is 0 Å². The van der Waals surface area contributed by atoms with Crippen LogP contribution in [0.1, 0.15) is 31.4 Å². The van der Waals surface area contributed by atoms with Crippen LogP contribution in [0.2, 0.25) is 0 Å². The first kappa shape index (κ1) is 12.4. The molecule has 3 heterocycles. The minimum atomic E-state index is 0.453. The molecule has 0 radical (unpaired) electrons. The first-order chi connectivity index (χ1) is 9.90. The summed E-state index contributed by atoms with van der Waals surface area (Å²) in [5.41, 5.74) is 2.21. The van der Waals surface area contributed by atoms with Gasteiger partial charge in [0.25, 0.3) is 0 Å². The zero-order chi connectivity index (χ0) is 13.4. The predicted molar refractivity (Wildman–Crippen MR) is 77.6 cm³/mol. The third-order valence-electron chi connectivity index (χ3n) is 4.63. The van der Waals surface area contributed by atoms with Crippen molar-refractivity contribution in [3.8, 4) is 0 Å². The third-order valence-corrected chi connectivity index (χ3v) is 4.63. The second-order valence-corrected chi connectivity index (χ2v) is 5.93. The van der Waals surface area contributed by atoms with E-state index >= 15 is 0 Å². The van der Waals surface area contributed by atoms with Gasteiger partial charge < -0.3 is 9.14 Å². The number of aromatic nitrogens is 2. The second-order valence-electron chi connectivity index (χ2n) is 5.93. The Hall–Kier alpha value is -1.39. The number of hydrogen-bond acceptors (Lipinski definition) is 3. The van der Waals surface area contributed by atoms with E-state index in [2.05, 4.69) is 27.8 Å². The molecule has 0 spiro atoms. The smallest absolute Gasteiger partial charge is 0.137 e. The van der Waals surface area contributed by atoms with E-state index in [1.165, 1.54) is 31.4 Å². The minimum Gasteiger partial charge on any atom is -0.375 e. The van der Waals surface area contributed by atoms with Crippen molar-refractivity contribution in [2.24, 2.45) is 0 Å². The molecular formula is C16H21N3O. The van der Waals surface area contributed by atoms with Gasteiger partial charge >= 0.3 is 0 Å². The maximum atomic E-state index is 5.94. The van der Waals surface area contributed by atoms with Gasteiger partial charge in [-0.2, -0.15) is 0 Å². The molecule has 2 aliphatic rings. The van der Waals surface area contributed by atoms with Crippen molar-refractivity contribution in [1.29, 1.82) is 0 Å². The van der Waals surface area contributed by atoms with E-state index in [4.69, 9.17) is 9.72 Å². The topological polar surface area (TPSA) is 29.8 Å². The number of imidazole rings is 1. The van der Waals surface area contributed by atoms with Gasteiger partial charge in [0.1, 0.15) is 5.65 Å². The van der Waals surface area contributed by atoms with Gasteiger partial charge in [0.05, 0.1) is 18.4 Å². The molecule has 2 aromatic rings. The molecule has 1 aliphatic carbocycles. The molecule has 0 aromatic carbocycles. The summed E-state index contributed by atoms with van der Waals surface area (Å²) in [5.74, 6) is 0. The molecule has 1 saturated carbocycles. The van der Waals surface area contributed by atoms with E-state index in [0.717, 1.165) is 25.3 Å². The fourth-order valence-corrected chi connectivity index (χ4v) is 3.64. The average Bonchev–Trinajstić information content (AvgIpc) is 2.90. The van der Waals surface area contributed by atoms with Gasteiger partial charge in [-0.25, -0.2) is 4.98 Å². The highest BCUT2D eigenvalue weighted by Gasteiger charge is 2.34. The predicted octanol–water partition coefficient (Wildman–Crippen LogP) is 2.48. The lowest BCUT2D eigenvalue weighted by atomic mass is 9.90. The molecule has 0 N–H and O–H groups in total. The zero-order valence-electron chi connectivity index (χ0n) is 11.7. The van der Waals surface area contributed by atoms with Crippen molar-refractivity contribution in [3.63, 3.8) is 0 Å². The number of fused-ring (bicyclic) bond motifs is 2. The van der Waals surface area contributed by atoms with Crippen molar-refractivity contribution < 1.29 is 4.74 Å². The van der Waals surface area contributed by atoms with Crippen LogP contribution >= 0.6 is 0 Å². The van der Waals surface area contributed by atoms with Gasteiger partial charge in [-0.3, -0.25) is 4.90 Å². The summed E-state index contributed by atoms with van der Waals surface area (Å²) < 4.78 is 8.05. The Balaban J connectivity index is 1.54. The molecule has 0 unspecified atom stereocenters. The summed E-state index contributed by atoms with van der Waals surface area (Å²) in [6.07, 6.45) is 9.84. The molecule has 0 bridgehead atoms. The first-order valence-corrected chi connectivity index (χ1v) is 7.68. The van der Waals surface area contributed by atoms with Gasteiger partial charge in [-0.15, -0.1) is 0 Å². The maximum absolute atomic E-state index is 5.94. The Labute approximate surface area is 119 Å². The highest BCUT2D eigenvalue weighted by molar-refractivity contribution is 5.39. The molecule has 1 aliphatic heterocycles. The van der Waals surface area contributed by atoms with E-state index < -0.39 is 0 Å². The van der Waals surface area contributed by atoms with Gasteiger partial charge in [0, 0.05) is 31.5 Å². The van der Waals surface area contributed by atoms with Crippen molar-refractivity contribution in [2.75, 3.05) is 13.2 Å². The molecule has 4 rings (SSSR count). The fraction of sp³-hybridized carbons (Fsp3) is 0.562. The van der Waals surface area contributed by atoms with Crippen LogP contribution in [-0.2, 0) is 11.3 Å². The Morgan fingerprint density at radius 1 is 1.25 bits per heavy atom. The minimum absolute atomic E-state index is 0.453. The third kappa shape index (κ3) is 2.23. The van der Waals surface area contributed by atoms with Crippen LogP contribution < -0.4 is 0 Å². The average molecular weight is 271 g/mol. The normalized spacial score (nSPS) is 27.6. The Morgan fingerprint density at radius 3 is 3.15 bits per heavy atom. The molecular weight excluding hydrogens is 250 g/mol. The van der Waals surface area contributed by atoms with E-state index in [0.29, 0.717) is 12.1 Å². The number of rotatable bonds is 2. The summed E-state index contributed by atoms with van der Waals surface area (Å²) in [5, 5.41) is 0. The van der Waals surface area contributed by atoms with Crippen LogP contribution in [0.25, 0.3) is 5.65 Å². The molecule has 106 valence electrons. The Morgan fingerprint density at radius 2 is 2.20 bits per heavy atom. The molecule has 20 heavy (non-hydrogen) atoms. The molecule has 2 atom stereocenters. The Bertz CT molecular complexity index is 559. The molecule has 0 amide bonds. The number of morpholine rings is 1. The molecule has 1 saturated heterocycles. The monoisotopic (exact) mass is 271 g/mol. The lowest BCUT2D eigenvalue weighted by Gasteiger charge is -2.43. The number of nitrogens with zero attached hydrogens (tertiary/aromatic N) is 3. The highest BCUT2D eigenvalue weighted by atomic mass is 16.5. The largest absolute Gasteiger partial charge is 0.375 e. The van der Waals surface area contributed by atoms with Gasteiger partial charge in [-0.05, 0) is 25.0 Å². The van der Waals surface area contributed by atoms with Crippen LogP contribution in [0.5, 0.6) is 0 Å². The summed E-state index contributed by atoms with van der Waals surface area (Å²) in [4.78, 5) is 7.30. The van der Waals surface area contributed by atoms with Crippen molar-refractivity contribution >= 4 is 5.65 Å². The van der Waals surface area contributed by atoms with Gasteiger partial charge in [-0.1, -0.05) is 18.9 Å². The standard InChI is InChI=1S/C16H21N3O/c1-2-6-15-14(5-1)18(9-10-20-15)11-13-12-19-8-4-3-7-16(19)17-13/h3-4,7-8,12,14-15H,1-2,5-6,9-11H2/t14-,15+/m0/s1. The van der Waals surface area contributed by atoms with E-state index in [9.17, 15) is 0 Å². The van der Waals surface area contributed by atoms with Crippen LogP contribution in [0, 0.1) is 0 Å². The fourth-order valence-electron chi connectivity index (χ4n) is 3.64. The lowest BCUT2D eigenvalue weighted by Crippen LogP contribution is -2.52. The summed E-state index contributed by atoms with van der Waals surface area (Å²) in [7, 11) is 0. The van der Waals surface area contributed by atoms with Crippen LogP contribution in [-0.4, -0.2) is 39.6 Å². The van der Waals surface area contributed by atoms with Crippen molar-refractivity contribution in [2.45, 2.75) is 44.4 Å². The molecule has 2 aromatic heterocycles. The van der Waals surface area contributed by atoms with Crippen LogP contribution in [0.15, 0.2) is 30.6 Å². The van der Waals surface area contributed by atoms with E-state index in [-0.39, 0.29) is 0 Å².